The van der Waals surface area contributed by atoms with Gasteiger partial charge in [0, 0.05) is 37.7 Å². The number of amides is 1. The molecule has 0 spiro atoms. The number of rotatable bonds is 5. The summed E-state index contributed by atoms with van der Waals surface area (Å²) in [5, 5.41) is 3.14. The smallest absolute Gasteiger partial charge is 0.330 e. The Morgan fingerprint density at radius 3 is 2.67 bits per heavy atom. The highest BCUT2D eigenvalue weighted by molar-refractivity contribution is 7.99. The van der Waals surface area contributed by atoms with E-state index in [0.717, 1.165) is 11.0 Å². The van der Waals surface area contributed by atoms with Gasteiger partial charge in [-0.05, 0) is 18.3 Å². The third kappa shape index (κ3) is 4.32. The number of nitrogens with zero attached hydrogens (tertiary/aromatic N) is 2. The van der Waals surface area contributed by atoms with Crippen LogP contribution in [-0.2, 0) is 24.6 Å². The Kier molecular flexibility index (Phi) is 6.32. The summed E-state index contributed by atoms with van der Waals surface area (Å²) >= 11 is 1.42. The number of nitrogens with one attached hydrogen (secondary N) is 1. The van der Waals surface area contributed by atoms with Crippen molar-refractivity contribution in [2.24, 2.45) is 25.9 Å². The molecule has 24 heavy (non-hydrogen) atoms. The third-order valence-corrected chi connectivity index (χ3v) is 6.13. The van der Waals surface area contributed by atoms with Crippen LogP contribution in [0.5, 0.6) is 0 Å². The molecule has 1 N–H and O–H groups in total. The van der Waals surface area contributed by atoms with E-state index in [1.165, 1.54) is 42.3 Å². The Hall–Kier alpha value is -1.50. The van der Waals surface area contributed by atoms with Crippen molar-refractivity contribution >= 4 is 17.7 Å². The molecule has 0 saturated heterocycles. The first-order valence-corrected chi connectivity index (χ1v) is 9.59. The fourth-order valence-electron chi connectivity index (χ4n) is 3.20. The zero-order chi connectivity index (χ0) is 17.9. The molecular formula is C17H27N3O3S. The van der Waals surface area contributed by atoms with Crippen molar-refractivity contribution in [3.05, 3.63) is 32.6 Å². The number of carbonyl (C=O) groups is 1. The highest BCUT2D eigenvalue weighted by Crippen LogP contribution is 2.29. The Labute approximate surface area is 146 Å². The van der Waals surface area contributed by atoms with Crippen molar-refractivity contribution in [1.82, 2.24) is 14.5 Å². The van der Waals surface area contributed by atoms with Gasteiger partial charge in [-0.15, -0.1) is 11.8 Å². The van der Waals surface area contributed by atoms with Crippen LogP contribution in [0.25, 0.3) is 0 Å². The molecule has 134 valence electrons. The van der Waals surface area contributed by atoms with Crippen LogP contribution in [-0.4, -0.2) is 26.8 Å². The van der Waals surface area contributed by atoms with Gasteiger partial charge in [-0.25, -0.2) is 4.79 Å². The first kappa shape index (κ1) is 18.8. The van der Waals surface area contributed by atoms with Crippen LogP contribution in [0, 0.1) is 11.8 Å². The molecule has 1 saturated carbocycles. The van der Waals surface area contributed by atoms with E-state index in [2.05, 4.69) is 19.2 Å². The summed E-state index contributed by atoms with van der Waals surface area (Å²) < 4.78 is 2.53. The molecule has 0 bridgehead atoms. The number of carbonyl (C=O) groups excluding carboxylic acids is 1. The van der Waals surface area contributed by atoms with E-state index in [1.54, 1.807) is 7.05 Å². The molecule has 1 fully saturated rings. The second-order valence-corrected chi connectivity index (χ2v) is 7.79. The lowest BCUT2D eigenvalue weighted by atomic mass is 9.78. The van der Waals surface area contributed by atoms with Crippen molar-refractivity contribution < 1.29 is 4.79 Å². The maximum atomic E-state index is 12.2. The summed E-state index contributed by atoms with van der Waals surface area (Å²) in [5.74, 6) is 1.98. The molecule has 1 aromatic heterocycles. The highest BCUT2D eigenvalue weighted by Gasteiger charge is 2.27. The minimum absolute atomic E-state index is 0.0276. The predicted molar refractivity (Wildman–Crippen MR) is 97.2 cm³/mol. The van der Waals surface area contributed by atoms with Crippen LogP contribution in [0.1, 0.15) is 38.8 Å². The topological polar surface area (TPSA) is 73.1 Å². The molecule has 0 aliphatic heterocycles. The van der Waals surface area contributed by atoms with Gasteiger partial charge >= 0.3 is 5.69 Å². The van der Waals surface area contributed by atoms with E-state index in [-0.39, 0.29) is 23.2 Å². The van der Waals surface area contributed by atoms with Crippen molar-refractivity contribution in [1.29, 1.82) is 0 Å². The quantitative estimate of drug-likeness (QED) is 0.865. The lowest BCUT2D eigenvalue weighted by Gasteiger charge is -2.34. The minimum Gasteiger partial charge on any atom is -0.352 e. The Morgan fingerprint density at radius 2 is 1.96 bits per heavy atom. The van der Waals surface area contributed by atoms with Crippen LogP contribution < -0.4 is 16.6 Å². The Morgan fingerprint density at radius 1 is 1.25 bits per heavy atom. The van der Waals surface area contributed by atoms with Gasteiger partial charge in [-0.3, -0.25) is 18.7 Å². The van der Waals surface area contributed by atoms with Crippen molar-refractivity contribution in [2.75, 3.05) is 5.75 Å². The Bertz CT molecular complexity index is 710. The SMILES string of the molecule is C[C@@H]1[C@H](C)CCC[C@H]1NC(=O)CSCc1cc(=O)n(C)c(=O)n1C. The van der Waals surface area contributed by atoms with Crippen molar-refractivity contribution in [2.45, 2.75) is 44.9 Å². The van der Waals surface area contributed by atoms with Crippen LogP contribution in [0.2, 0.25) is 0 Å². The summed E-state index contributed by atoms with van der Waals surface area (Å²) in [5.41, 5.74) is -0.0173. The molecule has 0 aromatic carbocycles. The average molecular weight is 353 g/mol. The molecule has 1 aliphatic rings. The van der Waals surface area contributed by atoms with Gasteiger partial charge in [0.15, 0.2) is 0 Å². The second-order valence-electron chi connectivity index (χ2n) is 6.81. The van der Waals surface area contributed by atoms with E-state index in [4.69, 9.17) is 0 Å². The van der Waals surface area contributed by atoms with E-state index in [9.17, 15) is 14.4 Å². The van der Waals surface area contributed by atoms with Crippen LogP contribution in [0.4, 0.5) is 0 Å². The minimum atomic E-state index is -0.340. The summed E-state index contributed by atoms with van der Waals surface area (Å²) in [6.07, 6.45) is 3.45. The second kappa shape index (κ2) is 8.05. The standard InChI is InChI=1S/C17H27N3O3S/c1-11-6-5-7-14(12(11)2)18-15(21)10-24-9-13-8-16(22)20(4)17(23)19(13)3/h8,11-12,14H,5-7,9-10H2,1-4H3,(H,18,21)/t11-,12-,14-/m1/s1. The van der Waals surface area contributed by atoms with Gasteiger partial charge < -0.3 is 5.32 Å². The fraction of sp³-hybridized carbons (Fsp3) is 0.706. The molecule has 3 atom stereocenters. The summed E-state index contributed by atoms with van der Waals surface area (Å²) in [6.45, 7) is 4.45. The fourth-order valence-corrected chi connectivity index (χ4v) is 4.06. The molecule has 7 heteroatoms. The van der Waals surface area contributed by atoms with Gasteiger partial charge in [0.2, 0.25) is 5.91 Å². The summed E-state index contributed by atoms with van der Waals surface area (Å²) in [6, 6.07) is 1.72. The number of hydrogen-bond donors (Lipinski definition) is 1. The van der Waals surface area contributed by atoms with E-state index >= 15 is 0 Å². The van der Waals surface area contributed by atoms with E-state index in [0.29, 0.717) is 29.0 Å². The molecule has 2 rings (SSSR count). The van der Waals surface area contributed by atoms with Gasteiger partial charge in [0.05, 0.1) is 5.75 Å². The van der Waals surface area contributed by atoms with Crippen LogP contribution in [0.3, 0.4) is 0 Å². The third-order valence-electron chi connectivity index (χ3n) is 5.16. The molecule has 1 amide bonds. The Balaban J connectivity index is 1.87. The summed E-state index contributed by atoms with van der Waals surface area (Å²) in [7, 11) is 3.10. The number of hydrogen-bond acceptors (Lipinski definition) is 4. The predicted octanol–water partition coefficient (Wildman–Crippen LogP) is 1.26. The molecule has 1 aromatic rings. The van der Waals surface area contributed by atoms with Gasteiger partial charge in [-0.2, -0.15) is 0 Å². The monoisotopic (exact) mass is 353 g/mol. The van der Waals surface area contributed by atoms with Gasteiger partial charge in [0.25, 0.3) is 5.56 Å². The first-order valence-electron chi connectivity index (χ1n) is 8.44. The molecular weight excluding hydrogens is 326 g/mol. The maximum absolute atomic E-state index is 12.2. The molecule has 1 aliphatic carbocycles. The average Bonchev–Trinajstić information content (AvgIpc) is 2.54. The van der Waals surface area contributed by atoms with Crippen molar-refractivity contribution in [3.8, 4) is 0 Å². The maximum Gasteiger partial charge on any atom is 0.330 e. The van der Waals surface area contributed by atoms with Gasteiger partial charge in [-0.1, -0.05) is 26.7 Å². The molecule has 6 nitrogen and oxygen atoms in total. The van der Waals surface area contributed by atoms with Gasteiger partial charge in [0.1, 0.15) is 0 Å². The van der Waals surface area contributed by atoms with E-state index in [1.807, 2.05) is 0 Å². The highest BCUT2D eigenvalue weighted by atomic mass is 32.2. The zero-order valence-electron chi connectivity index (χ0n) is 14.9. The summed E-state index contributed by atoms with van der Waals surface area (Å²) in [4.78, 5) is 35.7. The lowest BCUT2D eigenvalue weighted by molar-refractivity contribution is -0.119. The zero-order valence-corrected chi connectivity index (χ0v) is 15.7. The molecule has 0 unspecified atom stereocenters. The largest absolute Gasteiger partial charge is 0.352 e. The molecule has 1 heterocycles. The number of thioether (sulfide) groups is 1. The first-order chi connectivity index (χ1) is 11.3. The van der Waals surface area contributed by atoms with Crippen LogP contribution in [0.15, 0.2) is 15.7 Å². The van der Waals surface area contributed by atoms with Crippen molar-refractivity contribution in [3.63, 3.8) is 0 Å². The lowest BCUT2D eigenvalue weighted by Crippen LogP contribution is -2.44. The number of aromatic nitrogens is 2. The molecule has 0 radical (unpaired) electrons. The van der Waals surface area contributed by atoms with E-state index < -0.39 is 0 Å². The van der Waals surface area contributed by atoms with Crippen LogP contribution >= 0.6 is 11.8 Å². The normalized spacial score (nSPS) is 23.9.